The van der Waals surface area contributed by atoms with Crippen molar-refractivity contribution in [3.05, 3.63) is 35.9 Å². The van der Waals surface area contributed by atoms with E-state index in [-0.39, 0.29) is 17.7 Å². The molecule has 2 saturated heterocycles. The van der Waals surface area contributed by atoms with Crippen LogP contribution in [0.15, 0.2) is 30.3 Å². The number of ether oxygens (including phenoxy) is 1. The third-order valence-electron chi connectivity index (χ3n) is 7.07. The zero-order valence-corrected chi connectivity index (χ0v) is 22.0. The average Bonchev–Trinajstić information content (AvgIpc) is 3.31. The molecule has 0 saturated carbocycles. The highest BCUT2D eigenvalue weighted by atomic mass is 16.6. The number of carbonyl (C=O) groups excluding carboxylic acids is 3. The van der Waals surface area contributed by atoms with Crippen molar-refractivity contribution in [3.8, 4) is 0 Å². The Balaban J connectivity index is 1.77. The standard InChI is InChI=1S/C27H39N3O6/c1-18(2)21(23(32)33)28-24(34)27(19-10-7-6-8-11-19)13-16-29(17-14-27)22(31)20-12-9-15-30(20)25(35)36-26(3,4)5/h6-8,10-11,18,20-21H,9,12-17H2,1-5H3,(H,28,34)(H,32,33)/t20-,21+/m1/s1. The Kier molecular flexibility index (Phi) is 8.31. The predicted molar refractivity (Wildman–Crippen MR) is 134 cm³/mol. The lowest BCUT2D eigenvalue weighted by atomic mass is 9.71. The van der Waals surface area contributed by atoms with Crippen LogP contribution in [0.4, 0.5) is 4.79 Å². The fourth-order valence-electron chi connectivity index (χ4n) is 5.08. The number of amides is 3. The van der Waals surface area contributed by atoms with Gasteiger partial charge in [0.05, 0.1) is 5.41 Å². The second kappa shape index (κ2) is 10.9. The second-order valence-corrected chi connectivity index (χ2v) is 11.1. The molecule has 2 atom stereocenters. The van der Waals surface area contributed by atoms with Gasteiger partial charge in [0.15, 0.2) is 0 Å². The van der Waals surface area contributed by atoms with Crippen molar-refractivity contribution in [3.63, 3.8) is 0 Å². The van der Waals surface area contributed by atoms with Crippen LogP contribution in [0.2, 0.25) is 0 Å². The van der Waals surface area contributed by atoms with E-state index in [1.54, 1.807) is 39.5 Å². The van der Waals surface area contributed by atoms with Gasteiger partial charge in [-0.2, -0.15) is 0 Å². The topological polar surface area (TPSA) is 116 Å². The van der Waals surface area contributed by atoms with Gasteiger partial charge in [0.25, 0.3) is 0 Å². The van der Waals surface area contributed by atoms with E-state index in [0.717, 1.165) is 12.0 Å². The van der Waals surface area contributed by atoms with E-state index in [2.05, 4.69) is 5.32 Å². The zero-order chi connectivity index (χ0) is 26.7. The van der Waals surface area contributed by atoms with E-state index >= 15 is 0 Å². The number of aliphatic carboxylic acids is 1. The van der Waals surface area contributed by atoms with Crippen molar-refractivity contribution < 1.29 is 29.0 Å². The Morgan fingerprint density at radius 2 is 1.67 bits per heavy atom. The predicted octanol–water partition coefficient (Wildman–Crippen LogP) is 3.17. The van der Waals surface area contributed by atoms with Crippen LogP contribution in [0.25, 0.3) is 0 Å². The molecule has 0 aliphatic carbocycles. The maximum atomic E-state index is 13.6. The fraction of sp³-hybridized carbons (Fsp3) is 0.630. The quantitative estimate of drug-likeness (QED) is 0.619. The molecule has 198 valence electrons. The lowest BCUT2D eigenvalue weighted by Crippen LogP contribution is -2.58. The Morgan fingerprint density at radius 3 is 2.19 bits per heavy atom. The molecule has 3 rings (SSSR count). The van der Waals surface area contributed by atoms with Gasteiger partial charge in [-0.3, -0.25) is 14.5 Å². The number of likely N-dealkylation sites (tertiary alicyclic amines) is 2. The molecular weight excluding hydrogens is 462 g/mol. The number of piperidine rings is 1. The summed E-state index contributed by atoms with van der Waals surface area (Å²) in [5.74, 6) is -1.82. The smallest absolute Gasteiger partial charge is 0.410 e. The molecule has 2 aliphatic rings. The molecular formula is C27H39N3O6. The highest BCUT2D eigenvalue weighted by Crippen LogP contribution is 2.37. The van der Waals surface area contributed by atoms with E-state index in [0.29, 0.717) is 38.9 Å². The molecule has 9 heteroatoms. The molecule has 3 amide bonds. The summed E-state index contributed by atoms with van der Waals surface area (Å²) in [5, 5.41) is 12.4. The van der Waals surface area contributed by atoms with E-state index in [9.17, 15) is 24.3 Å². The lowest BCUT2D eigenvalue weighted by Gasteiger charge is -2.42. The molecule has 0 aromatic heterocycles. The summed E-state index contributed by atoms with van der Waals surface area (Å²) in [5.41, 5.74) is -0.787. The van der Waals surface area contributed by atoms with Gasteiger partial charge in [0.1, 0.15) is 17.7 Å². The third kappa shape index (κ3) is 5.99. The molecule has 2 N–H and O–H groups in total. The van der Waals surface area contributed by atoms with Crippen molar-refractivity contribution in [2.45, 2.75) is 83.4 Å². The summed E-state index contributed by atoms with van der Waals surface area (Å²) >= 11 is 0. The van der Waals surface area contributed by atoms with Crippen LogP contribution in [-0.2, 0) is 24.5 Å². The van der Waals surface area contributed by atoms with Crippen LogP contribution in [-0.4, -0.2) is 76.1 Å². The van der Waals surface area contributed by atoms with Crippen LogP contribution < -0.4 is 5.32 Å². The normalized spacial score (nSPS) is 20.7. The minimum Gasteiger partial charge on any atom is -0.480 e. The van der Waals surface area contributed by atoms with Crippen LogP contribution in [0.1, 0.15) is 65.9 Å². The summed E-state index contributed by atoms with van der Waals surface area (Å²) in [6.07, 6.45) is 1.54. The molecule has 0 bridgehead atoms. The first-order valence-electron chi connectivity index (χ1n) is 12.7. The van der Waals surface area contributed by atoms with Crippen molar-refractivity contribution in [1.82, 2.24) is 15.1 Å². The fourth-order valence-corrected chi connectivity index (χ4v) is 5.08. The number of carboxylic acids is 1. The first-order valence-corrected chi connectivity index (χ1v) is 12.7. The zero-order valence-electron chi connectivity index (χ0n) is 22.0. The van der Waals surface area contributed by atoms with Gasteiger partial charge in [-0.25, -0.2) is 9.59 Å². The van der Waals surface area contributed by atoms with E-state index in [1.165, 1.54) is 4.90 Å². The van der Waals surface area contributed by atoms with Gasteiger partial charge in [-0.05, 0) is 57.9 Å². The minimum absolute atomic E-state index is 0.133. The van der Waals surface area contributed by atoms with E-state index in [1.807, 2.05) is 30.3 Å². The summed E-state index contributed by atoms with van der Waals surface area (Å²) in [6.45, 7) is 10.0. The Hall–Kier alpha value is -3.10. The van der Waals surface area contributed by atoms with Gasteiger partial charge >= 0.3 is 12.1 Å². The summed E-state index contributed by atoms with van der Waals surface area (Å²) < 4.78 is 5.50. The minimum atomic E-state index is -1.07. The molecule has 0 radical (unpaired) electrons. The molecule has 2 fully saturated rings. The molecule has 36 heavy (non-hydrogen) atoms. The molecule has 0 unspecified atom stereocenters. The molecule has 9 nitrogen and oxygen atoms in total. The van der Waals surface area contributed by atoms with Gasteiger partial charge < -0.3 is 20.1 Å². The van der Waals surface area contributed by atoms with Gasteiger partial charge in [-0.1, -0.05) is 44.2 Å². The number of carboxylic acid groups (broad SMARTS) is 1. The van der Waals surface area contributed by atoms with Crippen LogP contribution in [0.3, 0.4) is 0 Å². The average molecular weight is 502 g/mol. The van der Waals surface area contributed by atoms with Crippen molar-refractivity contribution >= 4 is 23.9 Å². The van der Waals surface area contributed by atoms with Crippen LogP contribution in [0, 0.1) is 5.92 Å². The lowest BCUT2D eigenvalue weighted by molar-refractivity contribution is -0.145. The number of benzene rings is 1. The summed E-state index contributed by atoms with van der Waals surface area (Å²) in [6, 6.07) is 7.76. The Morgan fingerprint density at radius 1 is 1.06 bits per heavy atom. The molecule has 1 aromatic rings. The third-order valence-corrected chi connectivity index (χ3v) is 7.07. The SMILES string of the molecule is CC(C)[C@H](NC(=O)C1(c2ccccc2)CCN(C(=O)[C@H]2CCCN2C(=O)OC(C)(C)C)CC1)C(=O)O. The Bertz CT molecular complexity index is 963. The summed E-state index contributed by atoms with van der Waals surface area (Å²) in [4.78, 5) is 54.7. The van der Waals surface area contributed by atoms with Crippen molar-refractivity contribution in [2.75, 3.05) is 19.6 Å². The van der Waals surface area contributed by atoms with Gasteiger partial charge in [0.2, 0.25) is 11.8 Å². The van der Waals surface area contributed by atoms with Crippen molar-refractivity contribution in [2.24, 2.45) is 5.92 Å². The number of carbonyl (C=O) groups is 4. The maximum absolute atomic E-state index is 13.6. The summed E-state index contributed by atoms with van der Waals surface area (Å²) in [7, 11) is 0. The largest absolute Gasteiger partial charge is 0.480 e. The molecule has 2 aliphatic heterocycles. The van der Waals surface area contributed by atoms with Crippen LogP contribution in [0.5, 0.6) is 0 Å². The second-order valence-electron chi connectivity index (χ2n) is 11.1. The highest BCUT2D eigenvalue weighted by Gasteiger charge is 2.47. The van der Waals surface area contributed by atoms with Gasteiger partial charge in [0, 0.05) is 19.6 Å². The maximum Gasteiger partial charge on any atom is 0.410 e. The van der Waals surface area contributed by atoms with Crippen molar-refractivity contribution in [1.29, 1.82) is 0 Å². The first kappa shape index (κ1) is 27.5. The first-order chi connectivity index (χ1) is 16.9. The highest BCUT2D eigenvalue weighted by molar-refractivity contribution is 5.92. The molecule has 2 heterocycles. The number of hydrogen-bond acceptors (Lipinski definition) is 5. The molecule has 1 aromatic carbocycles. The number of nitrogens with one attached hydrogen (secondary N) is 1. The molecule has 0 spiro atoms. The number of nitrogens with zero attached hydrogens (tertiary/aromatic N) is 2. The van der Waals surface area contributed by atoms with Crippen LogP contribution >= 0.6 is 0 Å². The van der Waals surface area contributed by atoms with Gasteiger partial charge in [-0.15, -0.1) is 0 Å². The van der Waals surface area contributed by atoms with E-state index in [4.69, 9.17) is 4.74 Å². The number of rotatable bonds is 6. The Labute approximate surface area is 213 Å². The number of hydrogen-bond donors (Lipinski definition) is 2. The van der Waals surface area contributed by atoms with E-state index < -0.39 is 35.2 Å². The monoisotopic (exact) mass is 501 g/mol.